The van der Waals surface area contributed by atoms with Crippen LogP contribution in [0.25, 0.3) is 10.9 Å². The van der Waals surface area contributed by atoms with Crippen molar-refractivity contribution in [3.05, 3.63) is 48.0 Å². The summed E-state index contributed by atoms with van der Waals surface area (Å²) in [5.41, 5.74) is 1.73. The number of nitrogens with one attached hydrogen (secondary N) is 1. The molecular formula is C22H22FN3O4. The molecule has 1 heterocycles. The summed E-state index contributed by atoms with van der Waals surface area (Å²) in [5, 5.41) is 3.66. The van der Waals surface area contributed by atoms with E-state index in [1.54, 1.807) is 44.6 Å². The second-order valence-corrected chi connectivity index (χ2v) is 6.19. The van der Waals surface area contributed by atoms with Crippen molar-refractivity contribution in [3.8, 4) is 23.8 Å². The molecule has 156 valence electrons. The lowest BCUT2D eigenvalue weighted by atomic mass is 10.2. The van der Waals surface area contributed by atoms with Crippen LogP contribution in [-0.2, 0) is 9.47 Å². The first-order chi connectivity index (χ1) is 14.6. The summed E-state index contributed by atoms with van der Waals surface area (Å²) >= 11 is 0. The molecule has 30 heavy (non-hydrogen) atoms. The van der Waals surface area contributed by atoms with Crippen LogP contribution in [0.15, 0.2) is 36.4 Å². The molecular weight excluding hydrogens is 389 g/mol. The number of methoxy groups -OCH3 is 2. The molecule has 0 aliphatic heterocycles. The highest BCUT2D eigenvalue weighted by Crippen LogP contribution is 2.35. The summed E-state index contributed by atoms with van der Waals surface area (Å²) in [4.78, 5) is 7.81. The molecule has 0 aliphatic carbocycles. The van der Waals surface area contributed by atoms with E-state index in [-0.39, 0.29) is 5.82 Å². The quantitative estimate of drug-likeness (QED) is 0.311. The summed E-state index contributed by atoms with van der Waals surface area (Å²) in [6.45, 7) is 1.42. The largest absolute Gasteiger partial charge is 0.487 e. The van der Waals surface area contributed by atoms with Crippen LogP contribution in [0.1, 0.15) is 5.56 Å². The van der Waals surface area contributed by atoms with Crippen LogP contribution in [-0.4, -0.2) is 50.6 Å². The average molecular weight is 411 g/mol. The number of rotatable bonds is 10. The fraction of sp³-hybridized carbons (Fsp3) is 0.273. The van der Waals surface area contributed by atoms with E-state index in [2.05, 4.69) is 21.2 Å². The van der Waals surface area contributed by atoms with Gasteiger partial charge in [0.2, 0.25) is 0 Å². The van der Waals surface area contributed by atoms with Gasteiger partial charge in [0.05, 0.1) is 18.7 Å². The SMILES string of the molecule is C#Cc1cccc(Nc2nc(F)nc3cc(OCCOC)c(OCCOC)cc23)c1. The number of fused-ring (bicyclic) bond motifs is 1. The van der Waals surface area contributed by atoms with Gasteiger partial charge in [0, 0.05) is 36.9 Å². The highest BCUT2D eigenvalue weighted by molar-refractivity contribution is 5.93. The first-order valence-electron chi connectivity index (χ1n) is 9.23. The van der Waals surface area contributed by atoms with Gasteiger partial charge < -0.3 is 24.3 Å². The molecule has 0 atom stereocenters. The number of aromatic nitrogens is 2. The monoisotopic (exact) mass is 411 g/mol. The first kappa shape index (κ1) is 21.3. The van der Waals surface area contributed by atoms with E-state index >= 15 is 0 Å². The van der Waals surface area contributed by atoms with Gasteiger partial charge in [0.15, 0.2) is 11.5 Å². The van der Waals surface area contributed by atoms with Crippen molar-refractivity contribution < 1.29 is 23.3 Å². The second-order valence-electron chi connectivity index (χ2n) is 6.19. The van der Waals surface area contributed by atoms with Gasteiger partial charge in [-0.3, -0.25) is 0 Å². The lowest BCUT2D eigenvalue weighted by Crippen LogP contribution is -2.09. The zero-order chi connectivity index (χ0) is 21.3. The Balaban J connectivity index is 2.01. The molecule has 0 spiro atoms. The van der Waals surface area contributed by atoms with Gasteiger partial charge in [-0.25, -0.2) is 4.98 Å². The Bertz CT molecular complexity index is 1050. The lowest BCUT2D eigenvalue weighted by Gasteiger charge is -2.15. The van der Waals surface area contributed by atoms with Gasteiger partial charge in [-0.1, -0.05) is 12.0 Å². The molecule has 0 unspecified atom stereocenters. The molecule has 1 N–H and O–H groups in total. The van der Waals surface area contributed by atoms with Gasteiger partial charge in [-0.15, -0.1) is 6.42 Å². The van der Waals surface area contributed by atoms with E-state index in [0.29, 0.717) is 60.1 Å². The maximum Gasteiger partial charge on any atom is 0.311 e. The van der Waals surface area contributed by atoms with Crippen LogP contribution >= 0.6 is 0 Å². The van der Waals surface area contributed by atoms with Gasteiger partial charge >= 0.3 is 6.08 Å². The Labute approximate surface area is 174 Å². The van der Waals surface area contributed by atoms with E-state index in [0.717, 1.165) is 0 Å². The minimum Gasteiger partial charge on any atom is -0.487 e. The molecule has 0 fully saturated rings. The predicted octanol–water partition coefficient (Wildman–Crippen LogP) is 3.54. The Morgan fingerprint density at radius 1 is 0.967 bits per heavy atom. The Hall–Kier alpha value is -3.41. The normalized spacial score (nSPS) is 10.6. The summed E-state index contributed by atoms with van der Waals surface area (Å²) in [6, 6.07) is 10.5. The summed E-state index contributed by atoms with van der Waals surface area (Å²) in [7, 11) is 3.16. The van der Waals surface area contributed by atoms with Crippen LogP contribution < -0.4 is 14.8 Å². The molecule has 7 nitrogen and oxygen atoms in total. The minimum absolute atomic E-state index is 0.284. The van der Waals surface area contributed by atoms with Gasteiger partial charge in [0.25, 0.3) is 0 Å². The van der Waals surface area contributed by atoms with E-state index in [9.17, 15) is 4.39 Å². The Morgan fingerprint density at radius 2 is 1.67 bits per heavy atom. The molecule has 0 amide bonds. The van der Waals surface area contributed by atoms with Crippen molar-refractivity contribution in [1.82, 2.24) is 9.97 Å². The van der Waals surface area contributed by atoms with Crippen LogP contribution in [0.3, 0.4) is 0 Å². The number of terminal acetylenes is 1. The molecule has 8 heteroatoms. The van der Waals surface area contributed by atoms with E-state index in [4.69, 9.17) is 25.4 Å². The number of benzene rings is 2. The van der Waals surface area contributed by atoms with E-state index < -0.39 is 6.08 Å². The number of hydrogen-bond acceptors (Lipinski definition) is 7. The smallest absolute Gasteiger partial charge is 0.311 e. The van der Waals surface area contributed by atoms with E-state index in [1.807, 2.05) is 6.07 Å². The molecule has 1 aromatic heterocycles. The Morgan fingerprint density at radius 3 is 2.33 bits per heavy atom. The standard InChI is InChI=1S/C22H22FN3O4/c1-4-15-6-5-7-16(12-15)24-21-17-13-19(29-10-8-27-2)20(30-11-9-28-3)14-18(17)25-22(23)26-21/h1,5-7,12-14H,8-11H2,2-3H3,(H,24,25,26). The first-order valence-corrected chi connectivity index (χ1v) is 9.23. The highest BCUT2D eigenvalue weighted by Gasteiger charge is 2.15. The molecule has 2 aromatic carbocycles. The fourth-order valence-corrected chi connectivity index (χ4v) is 2.72. The summed E-state index contributed by atoms with van der Waals surface area (Å²) in [6.07, 6.45) is 4.59. The number of nitrogens with zero attached hydrogens (tertiary/aromatic N) is 2. The predicted molar refractivity (Wildman–Crippen MR) is 112 cm³/mol. The maximum absolute atomic E-state index is 14.1. The van der Waals surface area contributed by atoms with Crippen LogP contribution in [0.2, 0.25) is 0 Å². The van der Waals surface area contributed by atoms with Crippen molar-refractivity contribution in [2.24, 2.45) is 0 Å². The average Bonchev–Trinajstić information content (AvgIpc) is 2.74. The topological polar surface area (TPSA) is 74.7 Å². The third kappa shape index (κ3) is 5.35. The maximum atomic E-state index is 14.1. The minimum atomic E-state index is -0.867. The molecule has 0 saturated heterocycles. The van der Waals surface area contributed by atoms with Gasteiger partial charge in [-0.05, 0) is 24.3 Å². The van der Waals surface area contributed by atoms with Crippen LogP contribution in [0.4, 0.5) is 15.9 Å². The molecule has 0 aliphatic rings. The molecule has 3 rings (SSSR count). The Kier molecular flexibility index (Phi) is 7.38. The van der Waals surface area contributed by atoms with Crippen molar-refractivity contribution in [1.29, 1.82) is 0 Å². The highest BCUT2D eigenvalue weighted by atomic mass is 19.1. The number of hydrogen-bond donors (Lipinski definition) is 1. The molecule has 0 radical (unpaired) electrons. The van der Waals surface area contributed by atoms with Crippen molar-refractivity contribution >= 4 is 22.4 Å². The molecule has 0 bridgehead atoms. The van der Waals surface area contributed by atoms with Crippen molar-refractivity contribution in [2.45, 2.75) is 0 Å². The van der Waals surface area contributed by atoms with Crippen LogP contribution in [0, 0.1) is 18.4 Å². The van der Waals surface area contributed by atoms with Crippen molar-refractivity contribution in [2.75, 3.05) is 46.0 Å². The third-order valence-electron chi connectivity index (χ3n) is 4.12. The fourth-order valence-electron chi connectivity index (χ4n) is 2.72. The van der Waals surface area contributed by atoms with Gasteiger partial charge in [0.1, 0.15) is 19.0 Å². The van der Waals surface area contributed by atoms with E-state index in [1.165, 1.54) is 0 Å². The number of anilines is 2. The summed E-state index contributed by atoms with van der Waals surface area (Å²) in [5.74, 6) is 3.74. The summed E-state index contributed by atoms with van der Waals surface area (Å²) < 4.78 is 35.7. The zero-order valence-electron chi connectivity index (χ0n) is 16.8. The molecule has 3 aromatic rings. The number of ether oxygens (including phenoxy) is 4. The third-order valence-corrected chi connectivity index (χ3v) is 4.12. The van der Waals surface area contributed by atoms with Crippen LogP contribution in [0.5, 0.6) is 11.5 Å². The lowest BCUT2D eigenvalue weighted by molar-refractivity contribution is 0.132. The van der Waals surface area contributed by atoms with Crippen molar-refractivity contribution in [3.63, 3.8) is 0 Å². The molecule has 0 saturated carbocycles. The zero-order valence-corrected chi connectivity index (χ0v) is 16.8. The van der Waals surface area contributed by atoms with Gasteiger partial charge in [-0.2, -0.15) is 9.37 Å². The second kappa shape index (κ2) is 10.4. The number of halogens is 1.